The van der Waals surface area contributed by atoms with Gasteiger partial charge < -0.3 is 9.64 Å². The summed E-state index contributed by atoms with van der Waals surface area (Å²) >= 11 is 1.57. The molecule has 4 amide bonds. The highest BCUT2D eigenvalue weighted by atomic mass is 32.1. The molecule has 140 valence electrons. The predicted octanol–water partition coefficient (Wildman–Crippen LogP) is 1.40. The van der Waals surface area contributed by atoms with Crippen molar-refractivity contribution >= 4 is 34.3 Å². The molecule has 1 aromatic rings. The Labute approximate surface area is 155 Å². The molecule has 1 aromatic heterocycles. The van der Waals surface area contributed by atoms with Gasteiger partial charge in [0, 0.05) is 24.0 Å². The lowest BCUT2D eigenvalue weighted by Gasteiger charge is -2.38. The van der Waals surface area contributed by atoms with E-state index in [9.17, 15) is 14.4 Å². The summed E-state index contributed by atoms with van der Waals surface area (Å²) in [7, 11) is 0. The Kier molecular flexibility index (Phi) is 4.90. The number of nitrogens with one attached hydrogen (secondary N) is 1. The minimum atomic E-state index is -0.280. The number of urea groups is 1. The molecular formula is C17H22N4O4S. The van der Waals surface area contributed by atoms with Gasteiger partial charge in [-0.1, -0.05) is 0 Å². The van der Waals surface area contributed by atoms with Crippen molar-refractivity contribution in [1.29, 1.82) is 0 Å². The van der Waals surface area contributed by atoms with Crippen molar-refractivity contribution in [1.82, 2.24) is 14.8 Å². The normalized spacial score (nSPS) is 21.7. The number of anilines is 1. The second-order valence-corrected chi connectivity index (χ2v) is 7.98. The third-order valence-electron chi connectivity index (χ3n) is 5.16. The van der Waals surface area contributed by atoms with Gasteiger partial charge in [0.2, 0.25) is 0 Å². The number of fused-ring (bicyclic) bond motifs is 1. The van der Waals surface area contributed by atoms with E-state index in [1.165, 1.54) is 16.2 Å². The molecule has 2 saturated heterocycles. The van der Waals surface area contributed by atoms with Crippen molar-refractivity contribution < 1.29 is 19.1 Å². The van der Waals surface area contributed by atoms with Gasteiger partial charge in [-0.3, -0.25) is 19.8 Å². The molecule has 0 radical (unpaired) electrons. The summed E-state index contributed by atoms with van der Waals surface area (Å²) in [6.45, 7) is 0.946. The maximum atomic E-state index is 12.5. The molecule has 3 heterocycles. The number of amides is 4. The number of nitrogens with zero attached hydrogens (tertiary/aromatic N) is 3. The minimum Gasteiger partial charge on any atom is -0.362 e. The predicted molar refractivity (Wildman–Crippen MR) is 95.0 cm³/mol. The number of hydrogen-bond donors (Lipinski definition) is 1. The van der Waals surface area contributed by atoms with E-state index in [1.807, 2.05) is 0 Å². The number of thiazole rings is 1. The molecule has 2 fully saturated rings. The second-order valence-electron chi connectivity index (χ2n) is 6.89. The molecular weight excluding hydrogens is 356 g/mol. The van der Waals surface area contributed by atoms with Crippen molar-refractivity contribution in [2.24, 2.45) is 0 Å². The van der Waals surface area contributed by atoms with Gasteiger partial charge in [-0.05, 0) is 38.5 Å². The molecule has 9 heteroatoms. The highest BCUT2D eigenvalue weighted by Gasteiger charge is 2.36. The number of carbonyl (C=O) groups is 3. The number of morpholine rings is 1. The van der Waals surface area contributed by atoms with Crippen molar-refractivity contribution in [3.05, 3.63) is 10.6 Å². The largest absolute Gasteiger partial charge is 0.362 e. The van der Waals surface area contributed by atoms with E-state index in [0.29, 0.717) is 31.1 Å². The number of ether oxygens (including phenoxy) is 1. The van der Waals surface area contributed by atoms with Crippen molar-refractivity contribution in [3.8, 4) is 0 Å². The topological polar surface area (TPSA) is 91.8 Å². The van der Waals surface area contributed by atoms with Gasteiger partial charge in [0.05, 0.1) is 5.69 Å². The van der Waals surface area contributed by atoms with E-state index < -0.39 is 0 Å². The number of likely N-dealkylation sites (tertiary alicyclic amines) is 1. The van der Waals surface area contributed by atoms with E-state index in [-0.39, 0.29) is 37.1 Å². The Morgan fingerprint density at radius 1 is 1.12 bits per heavy atom. The fourth-order valence-electron chi connectivity index (χ4n) is 3.81. The minimum absolute atomic E-state index is 0.0405. The standard InChI is InChI=1S/C17H22N4O4S/c22-14-9-25-10-15(23)21(14)11-5-7-20(8-6-11)17(24)19-16-18-12-3-1-2-4-13(12)26-16/h11H,1-10H2,(H,18,19,24). The van der Waals surface area contributed by atoms with Gasteiger partial charge in [0.25, 0.3) is 11.8 Å². The fraction of sp³-hybridized carbons (Fsp3) is 0.647. The summed E-state index contributed by atoms with van der Waals surface area (Å²) in [5, 5.41) is 3.58. The second kappa shape index (κ2) is 7.32. The molecule has 0 spiro atoms. The molecule has 0 aromatic carbocycles. The molecule has 4 rings (SSSR count). The first-order valence-electron chi connectivity index (χ1n) is 9.09. The monoisotopic (exact) mass is 378 g/mol. The zero-order valence-electron chi connectivity index (χ0n) is 14.5. The Hall–Kier alpha value is -2.00. The van der Waals surface area contributed by atoms with Crippen LogP contribution in [-0.2, 0) is 27.2 Å². The van der Waals surface area contributed by atoms with Crippen LogP contribution in [0.15, 0.2) is 0 Å². The van der Waals surface area contributed by atoms with Gasteiger partial charge in [0.15, 0.2) is 5.13 Å². The summed E-state index contributed by atoms with van der Waals surface area (Å²) in [6.07, 6.45) is 5.59. The van der Waals surface area contributed by atoms with Gasteiger partial charge in [0.1, 0.15) is 13.2 Å². The average Bonchev–Trinajstić information content (AvgIpc) is 3.04. The lowest BCUT2D eigenvalue weighted by atomic mass is 10.0. The van der Waals surface area contributed by atoms with Crippen LogP contribution >= 0.6 is 11.3 Å². The van der Waals surface area contributed by atoms with Gasteiger partial charge in [-0.2, -0.15) is 0 Å². The summed E-state index contributed by atoms with van der Waals surface area (Å²) in [4.78, 5) is 45.3. The number of aromatic nitrogens is 1. The lowest BCUT2D eigenvalue weighted by Crippen LogP contribution is -2.55. The number of rotatable bonds is 2. The lowest BCUT2D eigenvalue weighted by molar-refractivity contribution is -0.162. The average molecular weight is 378 g/mol. The quantitative estimate of drug-likeness (QED) is 0.786. The molecule has 0 atom stereocenters. The molecule has 8 nitrogen and oxygen atoms in total. The third-order valence-corrected chi connectivity index (χ3v) is 6.24. The van der Waals surface area contributed by atoms with E-state index >= 15 is 0 Å². The van der Waals surface area contributed by atoms with Crippen LogP contribution in [0.5, 0.6) is 0 Å². The zero-order chi connectivity index (χ0) is 18.1. The van der Waals surface area contributed by atoms with Crippen LogP contribution in [0.2, 0.25) is 0 Å². The SMILES string of the molecule is O=C(Nc1nc2c(s1)CCCC2)N1CCC(N2C(=O)COCC2=O)CC1. The van der Waals surface area contributed by atoms with E-state index in [2.05, 4.69) is 10.3 Å². The highest BCUT2D eigenvalue weighted by Crippen LogP contribution is 2.30. The zero-order valence-corrected chi connectivity index (χ0v) is 15.3. The Morgan fingerprint density at radius 3 is 2.50 bits per heavy atom. The maximum Gasteiger partial charge on any atom is 0.323 e. The first-order valence-corrected chi connectivity index (χ1v) is 9.90. The first kappa shape index (κ1) is 17.4. The molecule has 1 N–H and O–H groups in total. The smallest absolute Gasteiger partial charge is 0.323 e. The Bertz CT molecular complexity index is 687. The molecule has 0 saturated carbocycles. The number of imide groups is 1. The van der Waals surface area contributed by atoms with Gasteiger partial charge >= 0.3 is 6.03 Å². The Balaban J connectivity index is 1.32. The molecule has 2 aliphatic heterocycles. The Morgan fingerprint density at radius 2 is 1.81 bits per heavy atom. The summed E-state index contributed by atoms with van der Waals surface area (Å²) in [6, 6.07) is -0.302. The van der Waals surface area contributed by atoms with Crippen LogP contribution in [0.25, 0.3) is 0 Å². The highest BCUT2D eigenvalue weighted by molar-refractivity contribution is 7.15. The third kappa shape index (κ3) is 3.45. The molecule has 0 unspecified atom stereocenters. The van der Waals surface area contributed by atoms with E-state index in [0.717, 1.165) is 25.0 Å². The van der Waals surface area contributed by atoms with Crippen LogP contribution in [0.1, 0.15) is 36.3 Å². The van der Waals surface area contributed by atoms with E-state index in [4.69, 9.17) is 4.74 Å². The van der Waals surface area contributed by atoms with Crippen LogP contribution in [-0.4, -0.2) is 65.0 Å². The number of carbonyl (C=O) groups excluding carboxylic acids is 3. The summed E-state index contributed by atoms with van der Waals surface area (Å²) in [5.41, 5.74) is 1.12. The number of hydrogen-bond acceptors (Lipinski definition) is 6. The number of aryl methyl sites for hydroxylation is 2. The summed E-state index contributed by atoms with van der Waals surface area (Å²) < 4.78 is 4.95. The molecule has 26 heavy (non-hydrogen) atoms. The van der Waals surface area contributed by atoms with Crippen LogP contribution in [0, 0.1) is 0 Å². The molecule has 1 aliphatic carbocycles. The van der Waals surface area contributed by atoms with Crippen LogP contribution in [0.3, 0.4) is 0 Å². The molecule has 0 bridgehead atoms. The van der Waals surface area contributed by atoms with Crippen molar-refractivity contribution in [2.45, 2.75) is 44.6 Å². The van der Waals surface area contributed by atoms with E-state index in [1.54, 1.807) is 16.2 Å². The van der Waals surface area contributed by atoms with Gasteiger partial charge in [-0.25, -0.2) is 9.78 Å². The van der Waals surface area contributed by atoms with Crippen molar-refractivity contribution in [2.75, 3.05) is 31.6 Å². The maximum absolute atomic E-state index is 12.5. The van der Waals surface area contributed by atoms with Crippen molar-refractivity contribution in [3.63, 3.8) is 0 Å². The molecule has 3 aliphatic rings. The number of piperidine rings is 1. The van der Waals surface area contributed by atoms with Gasteiger partial charge in [-0.15, -0.1) is 11.3 Å². The summed E-state index contributed by atoms with van der Waals surface area (Å²) in [5.74, 6) is -0.560. The fourth-order valence-corrected chi connectivity index (χ4v) is 4.85. The van der Waals surface area contributed by atoms with Crippen LogP contribution in [0.4, 0.5) is 9.93 Å². The van der Waals surface area contributed by atoms with Crippen LogP contribution < -0.4 is 5.32 Å². The first-order chi connectivity index (χ1) is 12.6.